The molecule has 1 aliphatic heterocycles. The predicted octanol–water partition coefficient (Wildman–Crippen LogP) is -0.206. The highest BCUT2D eigenvalue weighted by atomic mass is 16.5. The van der Waals surface area contributed by atoms with Crippen LogP contribution in [0, 0.1) is 5.92 Å². The van der Waals surface area contributed by atoms with Crippen molar-refractivity contribution in [1.82, 2.24) is 19.9 Å². The summed E-state index contributed by atoms with van der Waals surface area (Å²) in [6.07, 6.45) is 3.82. The highest BCUT2D eigenvalue weighted by Crippen LogP contribution is 2.24. The van der Waals surface area contributed by atoms with E-state index in [1.807, 2.05) is 6.20 Å². The monoisotopic (exact) mass is 292 g/mol. The molecule has 1 saturated heterocycles. The van der Waals surface area contributed by atoms with Crippen molar-refractivity contribution in [3.8, 4) is 5.88 Å². The van der Waals surface area contributed by atoms with Crippen LogP contribution in [-0.4, -0.2) is 69.5 Å². The standard InChI is InChI=1S/C14H20N4O3/c1-21-14-13-12(16-8-17-14)9(4-15-13)2-3-18-5-10(7-19)11(20)6-18/h4,8,10-11,15,19-20H,2-3,5-7H2,1H3. The third kappa shape index (κ3) is 2.72. The van der Waals surface area contributed by atoms with Crippen LogP contribution in [0.15, 0.2) is 12.5 Å². The first-order chi connectivity index (χ1) is 10.2. The molecule has 7 heteroatoms. The van der Waals surface area contributed by atoms with E-state index in [-0.39, 0.29) is 12.5 Å². The smallest absolute Gasteiger partial charge is 0.241 e. The van der Waals surface area contributed by atoms with E-state index >= 15 is 0 Å². The molecule has 3 N–H and O–H groups in total. The second-order valence-electron chi connectivity index (χ2n) is 5.44. The summed E-state index contributed by atoms with van der Waals surface area (Å²) in [6.45, 7) is 2.21. The third-order valence-corrected chi connectivity index (χ3v) is 4.11. The molecule has 1 fully saturated rings. The number of likely N-dealkylation sites (tertiary alicyclic amines) is 1. The number of β-amino-alcohol motifs (C(OH)–C–C–N with tert-alkyl or cyclic N) is 1. The summed E-state index contributed by atoms with van der Waals surface area (Å²) in [5.41, 5.74) is 2.79. The number of aromatic amines is 1. The van der Waals surface area contributed by atoms with Gasteiger partial charge in [0.1, 0.15) is 11.8 Å². The normalized spacial score (nSPS) is 23.0. The molecule has 3 rings (SSSR count). The second kappa shape index (κ2) is 5.97. The van der Waals surface area contributed by atoms with Crippen molar-refractivity contribution in [3.05, 3.63) is 18.1 Å². The van der Waals surface area contributed by atoms with Crippen molar-refractivity contribution in [1.29, 1.82) is 0 Å². The number of aromatic nitrogens is 3. The number of rotatable bonds is 5. The van der Waals surface area contributed by atoms with Crippen molar-refractivity contribution < 1.29 is 14.9 Å². The van der Waals surface area contributed by atoms with Gasteiger partial charge in [0.05, 0.1) is 18.7 Å². The maximum atomic E-state index is 9.81. The van der Waals surface area contributed by atoms with Gasteiger partial charge in [-0.1, -0.05) is 0 Å². The third-order valence-electron chi connectivity index (χ3n) is 4.11. The molecule has 3 heterocycles. The van der Waals surface area contributed by atoms with Crippen LogP contribution in [0.5, 0.6) is 5.88 Å². The van der Waals surface area contributed by atoms with E-state index in [1.54, 1.807) is 7.11 Å². The Balaban J connectivity index is 1.69. The first-order valence-corrected chi connectivity index (χ1v) is 7.09. The Morgan fingerprint density at radius 3 is 3.00 bits per heavy atom. The Kier molecular flexibility index (Phi) is 4.05. The van der Waals surface area contributed by atoms with Crippen LogP contribution in [-0.2, 0) is 6.42 Å². The fourth-order valence-electron chi connectivity index (χ4n) is 2.90. The number of aliphatic hydroxyl groups is 2. The molecule has 0 saturated carbocycles. The average molecular weight is 292 g/mol. The molecule has 0 bridgehead atoms. The van der Waals surface area contributed by atoms with E-state index in [0.717, 1.165) is 36.1 Å². The number of nitrogens with one attached hydrogen (secondary N) is 1. The average Bonchev–Trinajstić information content (AvgIpc) is 3.08. The number of H-pyrrole nitrogens is 1. The molecule has 2 aromatic heterocycles. The van der Waals surface area contributed by atoms with Gasteiger partial charge in [-0.05, 0) is 12.0 Å². The second-order valence-corrected chi connectivity index (χ2v) is 5.44. The lowest BCUT2D eigenvalue weighted by atomic mass is 10.1. The zero-order valence-electron chi connectivity index (χ0n) is 12.0. The van der Waals surface area contributed by atoms with Gasteiger partial charge in [-0.2, -0.15) is 4.98 Å². The molecule has 114 valence electrons. The van der Waals surface area contributed by atoms with Crippen LogP contribution >= 0.6 is 0 Å². The minimum atomic E-state index is -0.430. The lowest BCUT2D eigenvalue weighted by molar-refractivity contribution is 0.103. The molecule has 2 unspecified atom stereocenters. The van der Waals surface area contributed by atoms with Crippen LogP contribution in [0.2, 0.25) is 0 Å². The molecule has 21 heavy (non-hydrogen) atoms. The Morgan fingerprint density at radius 2 is 2.29 bits per heavy atom. The van der Waals surface area contributed by atoms with Gasteiger partial charge in [0.15, 0.2) is 0 Å². The lowest BCUT2D eigenvalue weighted by Gasteiger charge is -2.14. The van der Waals surface area contributed by atoms with Gasteiger partial charge in [0.2, 0.25) is 5.88 Å². The highest BCUT2D eigenvalue weighted by molar-refractivity contribution is 5.82. The van der Waals surface area contributed by atoms with Crippen LogP contribution in [0.3, 0.4) is 0 Å². The zero-order valence-corrected chi connectivity index (χ0v) is 12.0. The highest BCUT2D eigenvalue weighted by Gasteiger charge is 2.30. The molecule has 0 aromatic carbocycles. The van der Waals surface area contributed by atoms with E-state index in [1.165, 1.54) is 6.33 Å². The van der Waals surface area contributed by atoms with Gasteiger partial charge in [0, 0.05) is 38.4 Å². The fourth-order valence-corrected chi connectivity index (χ4v) is 2.90. The van der Waals surface area contributed by atoms with Crippen LogP contribution < -0.4 is 4.74 Å². The summed E-state index contributed by atoms with van der Waals surface area (Å²) in [7, 11) is 1.59. The SMILES string of the molecule is COc1ncnc2c(CCN3CC(O)C(CO)C3)c[nH]c12. The maximum absolute atomic E-state index is 9.81. The van der Waals surface area contributed by atoms with Crippen molar-refractivity contribution in [2.45, 2.75) is 12.5 Å². The quantitative estimate of drug-likeness (QED) is 0.706. The molecule has 0 aliphatic carbocycles. The Morgan fingerprint density at radius 1 is 1.43 bits per heavy atom. The number of methoxy groups -OCH3 is 1. The first kappa shape index (κ1) is 14.2. The van der Waals surface area contributed by atoms with Crippen LogP contribution in [0.25, 0.3) is 11.0 Å². The summed E-state index contributed by atoms with van der Waals surface area (Å²) in [5, 5.41) is 19.0. The maximum Gasteiger partial charge on any atom is 0.241 e. The van der Waals surface area contributed by atoms with Gasteiger partial charge >= 0.3 is 0 Å². The first-order valence-electron chi connectivity index (χ1n) is 7.09. The number of fused-ring (bicyclic) bond motifs is 1. The summed E-state index contributed by atoms with van der Waals surface area (Å²) >= 11 is 0. The fraction of sp³-hybridized carbons (Fsp3) is 0.571. The van der Waals surface area contributed by atoms with Gasteiger partial charge in [-0.25, -0.2) is 4.98 Å². The molecule has 2 atom stereocenters. The van der Waals surface area contributed by atoms with E-state index in [0.29, 0.717) is 12.4 Å². The van der Waals surface area contributed by atoms with E-state index in [4.69, 9.17) is 4.74 Å². The number of nitrogens with zero attached hydrogens (tertiary/aromatic N) is 3. The van der Waals surface area contributed by atoms with Crippen molar-refractivity contribution in [3.63, 3.8) is 0 Å². The number of aliphatic hydroxyl groups excluding tert-OH is 2. The van der Waals surface area contributed by atoms with Gasteiger partial charge in [0.25, 0.3) is 0 Å². The summed E-state index contributed by atoms with van der Waals surface area (Å²) in [5.74, 6) is 0.513. The van der Waals surface area contributed by atoms with Crippen molar-refractivity contribution in [2.75, 3.05) is 33.4 Å². The molecule has 0 spiro atoms. The largest absolute Gasteiger partial charge is 0.479 e. The number of hydrogen-bond acceptors (Lipinski definition) is 6. The Labute approximate surface area is 122 Å². The molecular formula is C14H20N4O3. The van der Waals surface area contributed by atoms with E-state index in [2.05, 4.69) is 19.9 Å². The van der Waals surface area contributed by atoms with Crippen molar-refractivity contribution >= 4 is 11.0 Å². The topological polar surface area (TPSA) is 94.5 Å². The molecule has 0 radical (unpaired) electrons. The molecule has 1 aliphatic rings. The minimum absolute atomic E-state index is 0.0320. The summed E-state index contributed by atoms with van der Waals surface area (Å²) < 4.78 is 5.21. The van der Waals surface area contributed by atoms with Gasteiger partial charge in [-0.3, -0.25) is 4.90 Å². The summed E-state index contributed by atoms with van der Waals surface area (Å²) in [6, 6.07) is 0. The Bertz CT molecular complexity index is 615. The van der Waals surface area contributed by atoms with E-state index in [9.17, 15) is 10.2 Å². The minimum Gasteiger partial charge on any atom is -0.479 e. The van der Waals surface area contributed by atoms with Crippen molar-refractivity contribution in [2.24, 2.45) is 5.92 Å². The molecule has 7 nitrogen and oxygen atoms in total. The Hall–Kier alpha value is -1.70. The molecular weight excluding hydrogens is 272 g/mol. The number of hydrogen-bond donors (Lipinski definition) is 3. The van der Waals surface area contributed by atoms with E-state index < -0.39 is 6.10 Å². The van der Waals surface area contributed by atoms with Crippen LogP contribution in [0.4, 0.5) is 0 Å². The summed E-state index contributed by atoms with van der Waals surface area (Å²) in [4.78, 5) is 13.7. The number of ether oxygens (including phenoxy) is 1. The van der Waals surface area contributed by atoms with Crippen LogP contribution in [0.1, 0.15) is 5.56 Å². The van der Waals surface area contributed by atoms with Gasteiger partial charge < -0.3 is 19.9 Å². The molecule has 0 amide bonds. The van der Waals surface area contributed by atoms with Gasteiger partial charge in [-0.15, -0.1) is 0 Å². The predicted molar refractivity (Wildman–Crippen MR) is 77.2 cm³/mol. The zero-order chi connectivity index (χ0) is 14.8. The molecule has 2 aromatic rings. The lowest BCUT2D eigenvalue weighted by Crippen LogP contribution is -2.24.